The highest BCUT2D eigenvalue weighted by atomic mass is 16.7. The van der Waals surface area contributed by atoms with E-state index in [-0.39, 0.29) is 6.29 Å². The molecule has 9 nitrogen and oxygen atoms in total. The van der Waals surface area contributed by atoms with E-state index in [1.54, 1.807) is 14.2 Å². The Bertz CT molecular complexity index is 1710. The van der Waals surface area contributed by atoms with Gasteiger partial charge in [-0.15, -0.1) is 0 Å². The van der Waals surface area contributed by atoms with Crippen LogP contribution in [-0.4, -0.2) is 148 Å². The van der Waals surface area contributed by atoms with E-state index in [0.29, 0.717) is 0 Å². The number of hydrogen-bond acceptors (Lipinski definition) is 9. The Kier molecular flexibility index (Phi) is 66.7. The van der Waals surface area contributed by atoms with E-state index in [1.165, 1.54) is 228 Å². The maximum atomic E-state index is 5.71. The standard InChI is InChI=1S/3C19H33NO.C17H28O.C5H12O2/c3*1-3-20(2)16-10-4-5-11-17-21-18-12-9-15-19-13-7-6-8-14-19;1-2-3-4-5-10-15-18-16-11-9-14-17-12-7-6-8-13-17;1-4-5(6-2)7-3/h3*6-8,13-14H,3-5,9-12,15-18H2,1-2H3;6-8,12-13H,2-5,9-11,14-16H2,1H3;5H,4H2,1-3H3. The maximum Gasteiger partial charge on any atom is 0.156 e. The van der Waals surface area contributed by atoms with Crippen molar-refractivity contribution in [2.24, 2.45) is 0 Å². The highest BCUT2D eigenvalue weighted by Gasteiger charge is 2.01. The number of nitrogens with zero attached hydrogens (tertiary/aromatic N) is 3. The van der Waals surface area contributed by atoms with Gasteiger partial charge in [-0.25, -0.2) is 0 Å². The molecule has 0 saturated heterocycles. The number of ether oxygens (including phenoxy) is 6. The number of benzene rings is 4. The summed E-state index contributed by atoms with van der Waals surface area (Å²) in [4.78, 5) is 7.13. The lowest BCUT2D eigenvalue weighted by Gasteiger charge is -2.12. The summed E-state index contributed by atoms with van der Waals surface area (Å²) >= 11 is 0. The first-order valence-corrected chi connectivity index (χ1v) is 35.8. The molecule has 0 unspecified atom stereocenters. The molecule has 0 N–H and O–H groups in total. The van der Waals surface area contributed by atoms with E-state index in [2.05, 4.69) is 185 Å². The third-order valence-corrected chi connectivity index (χ3v) is 16.0. The van der Waals surface area contributed by atoms with Crippen LogP contribution in [0.3, 0.4) is 0 Å². The van der Waals surface area contributed by atoms with E-state index in [0.717, 1.165) is 78.9 Å². The summed E-state index contributed by atoms with van der Waals surface area (Å²) in [6, 6.07) is 42.9. The van der Waals surface area contributed by atoms with Crippen LogP contribution < -0.4 is 0 Å². The van der Waals surface area contributed by atoms with Crippen LogP contribution in [0.1, 0.15) is 224 Å². The molecule has 0 aromatic heterocycles. The summed E-state index contributed by atoms with van der Waals surface area (Å²) in [5, 5.41) is 0. The maximum absolute atomic E-state index is 5.71. The quantitative estimate of drug-likeness (QED) is 0.0318. The normalized spacial score (nSPS) is 11.0. The van der Waals surface area contributed by atoms with Gasteiger partial charge >= 0.3 is 0 Å². The van der Waals surface area contributed by atoms with Crippen molar-refractivity contribution in [1.29, 1.82) is 0 Å². The van der Waals surface area contributed by atoms with Crippen molar-refractivity contribution < 1.29 is 28.4 Å². The Balaban J connectivity index is 0.00000111. The average molecular weight is 1230 g/mol. The largest absolute Gasteiger partial charge is 0.381 e. The smallest absolute Gasteiger partial charge is 0.156 e. The lowest BCUT2D eigenvalue weighted by atomic mass is 10.1. The molecule has 4 rings (SSSR count). The zero-order valence-corrected chi connectivity index (χ0v) is 59.0. The lowest BCUT2D eigenvalue weighted by molar-refractivity contribution is -0.103. The molecule has 506 valence electrons. The van der Waals surface area contributed by atoms with Gasteiger partial charge in [-0.1, -0.05) is 220 Å². The second kappa shape index (κ2) is 69.4. The first-order valence-electron chi connectivity index (χ1n) is 35.8. The Morgan fingerprint density at radius 1 is 0.273 bits per heavy atom. The van der Waals surface area contributed by atoms with E-state index >= 15 is 0 Å². The first-order chi connectivity index (χ1) is 43.3. The van der Waals surface area contributed by atoms with Crippen LogP contribution in [0.25, 0.3) is 0 Å². The topological polar surface area (TPSA) is 65.1 Å². The van der Waals surface area contributed by atoms with Crippen molar-refractivity contribution in [3.63, 3.8) is 0 Å². The molecule has 0 bridgehead atoms. The van der Waals surface area contributed by atoms with Crippen molar-refractivity contribution in [1.82, 2.24) is 14.7 Å². The van der Waals surface area contributed by atoms with Gasteiger partial charge in [-0.05, 0) is 211 Å². The molecule has 4 aromatic rings. The number of methoxy groups -OCH3 is 2. The Labute approximate surface area is 545 Å². The molecule has 0 atom stereocenters. The monoisotopic (exact) mass is 1230 g/mol. The van der Waals surface area contributed by atoms with Gasteiger partial charge in [-0.3, -0.25) is 0 Å². The molecule has 0 heterocycles. The predicted octanol–water partition coefficient (Wildman–Crippen LogP) is 19.6. The van der Waals surface area contributed by atoms with E-state index in [4.69, 9.17) is 28.4 Å². The first kappa shape index (κ1) is 84.5. The van der Waals surface area contributed by atoms with Crippen molar-refractivity contribution in [2.45, 2.75) is 234 Å². The van der Waals surface area contributed by atoms with Gasteiger partial charge in [0.15, 0.2) is 6.29 Å². The summed E-state index contributed by atoms with van der Waals surface area (Å²) in [6.45, 7) is 25.6. The summed E-state index contributed by atoms with van der Waals surface area (Å²) in [5.41, 5.74) is 5.76. The summed E-state index contributed by atoms with van der Waals surface area (Å²) in [7, 11) is 9.85. The second-order valence-electron chi connectivity index (χ2n) is 23.9. The summed E-state index contributed by atoms with van der Waals surface area (Å²) in [6.07, 6.45) is 37.4. The fourth-order valence-corrected chi connectivity index (χ4v) is 9.65. The van der Waals surface area contributed by atoms with Crippen LogP contribution in [0.5, 0.6) is 0 Å². The highest BCUT2D eigenvalue weighted by Crippen LogP contribution is 2.11. The fourth-order valence-electron chi connectivity index (χ4n) is 9.65. The molecule has 0 aliphatic rings. The second-order valence-corrected chi connectivity index (χ2v) is 23.9. The van der Waals surface area contributed by atoms with Gasteiger partial charge < -0.3 is 43.1 Å². The van der Waals surface area contributed by atoms with E-state index in [1.807, 2.05) is 6.92 Å². The minimum Gasteiger partial charge on any atom is -0.381 e. The zero-order valence-electron chi connectivity index (χ0n) is 59.0. The molecule has 0 spiro atoms. The van der Waals surface area contributed by atoms with Gasteiger partial charge in [0.25, 0.3) is 0 Å². The molecule has 0 saturated carbocycles. The van der Waals surface area contributed by atoms with Crippen LogP contribution in [-0.2, 0) is 54.1 Å². The highest BCUT2D eigenvalue weighted by molar-refractivity contribution is 5.16. The number of aryl methyl sites for hydroxylation is 4. The van der Waals surface area contributed by atoms with E-state index < -0.39 is 0 Å². The van der Waals surface area contributed by atoms with Crippen molar-refractivity contribution >= 4 is 0 Å². The van der Waals surface area contributed by atoms with Gasteiger partial charge in [0, 0.05) is 67.1 Å². The minimum absolute atomic E-state index is 0.0139. The molecule has 88 heavy (non-hydrogen) atoms. The van der Waals surface area contributed by atoms with Gasteiger partial charge in [0.2, 0.25) is 0 Å². The average Bonchev–Trinajstić information content (AvgIpc) is 3.58. The van der Waals surface area contributed by atoms with Crippen LogP contribution in [0.2, 0.25) is 0 Å². The molecule has 0 aliphatic heterocycles. The number of hydrogen-bond donors (Lipinski definition) is 0. The lowest BCUT2D eigenvalue weighted by Crippen LogP contribution is -2.18. The third-order valence-electron chi connectivity index (χ3n) is 16.0. The van der Waals surface area contributed by atoms with Crippen LogP contribution in [0.15, 0.2) is 121 Å². The van der Waals surface area contributed by atoms with Gasteiger partial charge in [0.1, 0.15) is 0 Å². The van der Waals surface area contributed by atoms with Gasteiger partial charge in [0.05, 0.1) is 0 Å². The van der Waals surface area contributed by atoms with E-state index in [9.17, 15) is 0 Å². The summed E-state index contributed by atoms with van der Waals surface area (Å²) < 4.78 is 32.4. The molecular formula is C79H139N3O6. The molecule has 0 aliphatic carbocycles. The van der Waals surface area contributed by atoms with Crippen molar-refractivity contribution in [3.05, 3.63) is 144 Å². The van der Waals surface area contributed by atoms with Crippen LogP contribution >= 0.6 is 0 Å². The molecule has 4 aromatic carbocycles. The summed E-state index contributed by atoms with van der Waals surface area (Å²) in [5.74, 6) is 0. The number of unbranched alkanes of at least 4 members (excludes halogenated alkanes) is 17. The van der Waals surface area contributed by atoms with Crippen molar-refractivity contribution in [3.8, 4) is 0 Å². The molecule has 0 radical (unpaired) electrons. The molecule has 0 fully saturated rings. The van der Waals surface area contributed by atoms with Crippen LogP contribution in [0, 0.1) is 0 Å². The Hall–Kier alpha value is -3.48. The Morgan fingerprint density at radius 3 is 0.682 bits per heavy atom. The molecular weight excluding hydrogens is 1090 g/mol. The van der Waals surface area contributed by atoms with Crippen molar-refractivity contribution in [2.75, 3.05) is 127 Å². The number of rotatable bonds is 53. The molecule has 0 amide bonds. The molecule has 9 heteroatoms. The van der Waals surface area contributed by atoms with Crippen LogP contribution in [0.4, 0.5) is 0 Å². The fraction of sp³-hybridized carbons (Fsp3) is 0.696. The third kappa shape index (κ3) is 61.4. The SMILES string of the molecule is CCC(OC)OC.CCCCCCCOCCCCc1ccccc1.CCN(C)CCCCCCOCCCCc1ccccc1.CCN(C)CCCCCCOCCCCc1ccccc1.CCN(C)CCCCCCOCCCCc1ccccc1. The zero-order chi connectivity index (χ0) is 64.1. The van der Waals surface area contributed by atoms with Gasteiger partial charge in [-0.2, -0.15) is 0 Å². The predicted molar refractivity (Wildman–Crippen MR) is 383 cm³/mol. The Morgan fingerprint density at radius 2 is 0.489 bits per heavy atom. The minimum atomic E-state index is -0.0139.